The van der Waals surface area contributed by atoms with Crippen molar-refractivity contribution in [2.24, 2.45) is 4.99 Å². The quantitative estimate of drug-likeness (QED) is 0.424. The van der Waals surface area contributed by atoms with E-state index in [0.29, 0.717) is 13.2 Å². The lowest BCUT2D eigenvalue weighted by molar-refractivity contribution is -0.0817. The Labute approximate surface area is 166 Å². The standard InChI is InChI=1S/C18H26FN3O2.HI/c1-2-20-18(21-12-14-5-3-6-15(19)11-14)22-8-10-24-17(13-22)16-7-4-9-23-16;/h3,5-6,11,16-17H,2,4,7-10,12-13H2,1H3,(H,20,21);1H. The van der Waals surface area contributed by atoms with Crippen molar-refractivity contribution in [1.82, 2.24) is 10.2 Å². The Hall–Kier alpha value is -0.930. The van der Waals surface area contributed by atoms with Gasteiger partial charge in [0.15, 0.2) is 5.96 Å². The summed E-state index contributed by atoms with van der Waals surface area (Å²) >= 11 is 0. The van der Waals surface area contributed by atoms with E-state index in [1.807, 2.05) is 6.07 Å². The maximum Gasteiger partial charge on any atom is 0.194 e. The minimum atomic E-state index is -0.225. The van der Waals surface area contributed by atoms with E-state index in [1.54, 1.807) is 6.07 Å². The van der Waals surface area contributed by atoms with E-state index in [9.17, 15) is 4.39 Å². The Morgan fingerprint density at radius 1 is 1.32 bits per heavy atom. The molecule has 0 aromatic heterocycles. The molecule has 2 heterocycles. The van der Waals surface area contributed by atoms with Crippen molar-refractivity contribution in [2.75, 3.05) is 32.8 Å². The smallest absolute Gasteiger partial charge is 0.194 e. The van der Waals surface area contributed by atoms with Crippen molar-refractivity contribution in [3.8, 4) is 0 Å². The number of benzene rings is 1. The van der Waals surface area contributed by atoms with Gasteiger partial charge >= 0.3 is 0 Å². The molecule has 0 aliphatic carbocycles. The Morgan fingerprint density at radius 3 is 2.88 bits per heavy atom. The molecule has 0 saturated carbocycles. The number of halogens is 2. The molecule has 2 saturated heterocycles. The van der Waals surface area contributed by atoms with Gasteiger partial charge < -0.3 is 19.7 Å². The fourth-order valence-corrected chi connectivity index (χ4v) is 3.22. The van der Waals surface area contributed by atoms with Crippen molar-refractivity contribution < 1.29 is 13.9 Å². The highest BCUT2D eigenvalue weighted by molar-refractivity contribution is 14.0. The van der Waals surface area contributed by atoms with Gasteiger partial charge in [-0.05, 0) is 37.5 Å². The number of rotatable bonds is 4. The zero-order chi connectivity index (χ0) is 16.8. The van der Waals surface area contributed by atoms with Crippen LogP contribution in [0.15, 0.2) is 29.3 Å². The first-order chi connectivity index (χ1) is 11.8. The van der Waals surface area contributed by atoms with Gasteiger partial charge in [-0.1, -0.05) is 12.1 Å². The molecule has 0 spiro atoms. The number of ether oxygens (including phenoxy) is 2. The van der Waals surface area contributed by atoms with Gasteiger partial charge in [0, 0.05) is 26.2 Å². The van der Waals surface area contributed by atoms with Crippen LogP contribution in [0.3, 0.4) is 0 Å². The molecule has 0 amide bonds. The zero-order valence-electron chi connectivity index (χ0n) is 14.6. The number of hydrogen-bond donors (Lipinski definition) is 1. The number of hydrogen-bond acceptors (Lipinski definition) is 3. The van der Waals surface area contributed by atoms with Crippen LogP contribution in [-0.2, 0) is 16.0 Å². The molecule has 7 heteroatoms. The average Bonchev–Trinajstić information content (AvgIpc) is 3.13. The molecular formula is C18H27FIN3O2. The average molecular weight is 463 g/mol. The molecule has 2 fully saturated rings. The monoisotopic (exact) mass is 463 g/mol. The minimum absolute atomic E-state index is 0. The highest BCUT2D eigenvalue weighted by atomic mass is 127. The predicted octanol–water partition coefficient (Wildman–Crippen LogP) is 2.79. The van der Waals surface area contributed by atoms with Crippen molar-refractivity contribution in [3.05, 3.63) is 35.6 Å². The second kappa shape index (κ2) is 10.3. The van der Waals surface area contributed by atoms with Crippen LogP contribution >= 0.6 is 24.0 Å². The highest BCUT2D eigenvalue weighted by Gasteiger charge is 2.32. The van der Waals surface area contributed by atoms with E-state index in [0.717, 1.165) is 50.6 Å². The van der Waals surface area contributed by atoms with Gasteiger partial charge in [-0.3, -0.25) is 0 Å². The van der Waals surface area contributed by atoms with Crippen LogP contribution in [0.25, 0.3) is 0 Å². The Balaban J connectivity index is 0.00000225. The van der Waals surface area contributed by atoms with E-state index in [2.05, 4.69) is 22.1 Å². The molecule has 0 bridgehead atoms. The number of nitrogens with one attached hydrogen (secondary N) is 1. The second-order valence-corrected chi connectivity index (χ2v) is 6.21. The van der Waals surface area contributed by atoms with Gasteiger partial charge in [0.1, 0.15) is 11.9 Å². The summed E-state index contributed by atoms with van der Waals surface area (Å²) in [5, 5.41) is 3.33. The van der Waals surface area contributed by atoms with E-state index < -0.39 is 0 Å². The number of nitrogens with zero attached hydrogens (tertiary/aromatic N) is 2. The molecule has 2 unspecified atom stereocenters. The summed E-state index contributed by atoms with van der Waals surface area (Å²) < 4.78 is 25.0. The van der Waals surface area contributed by atoms with Crippen LogP contribution in [0.2, 0.25) is 0 Å². The summed E-state index contributed by atoms with van der Waals surface area (Å²) in [5.41, 5.74) is 0.870. The fourth-order valence-electron chi connectivity index (χ4n) is 3.22. The van der Waals surface area contributed by atoms with Crippen molar-refractivity contribution in [2.45, 2.75) is 38.5 Å². The lowest BCUT2D eigenvalue weighted by atomic mass is 10.1. The molecule has 0 radical (unpaired) electrons. The highest BCUT2D eigenvalue weighted by Crippen LogP contribution is 2.21. The van der Waals surface area contributed by atoms with Gasteiger partial charge in [0.05, 0.1) is 19.3 Å². The number of guanidine groups is 1. The van der Waals surface area contributed by atoms with Gasteiger partial charge in [-0.25, -0.2) is 9.38 Å². The van der Waals surface area contributed by atoms with Gasteiger partial charge in [0.2, 0.25) is 0 Å². The first kappa shape index (κ1) is 20.4. The first-order valence-corrected chi connectivity index (χ1v) is 8.77. The third-order valence-corrected chi connectivity index (χ3v) is 4.41. The van der Waals surface area contributed by atoms with Gasteiger partial charge in [-0.2, -0.15) is 0 Å². The van der Waals surface area contributed by atoms with Crippen LogP contribution in [-0.4, -0.2) is 55.9 Å². The summed E-state index contributed by atoms with van der Waals surface area (Å²) in [6, 6.07) is 6.59. The molecule has 2 aliphatic rings. The summed E-state index contributed by atoms with van der Waals surface area (Å²) in [6.07, 6.45) is 2.46. The summed E-state index contributed by atoms with van der Waals surface area (Å²) in [6.45, 7) is 6.40. The van der Waals surface area contributed by atoms with Crippen LogP contribution < -0.4 is 5.32 Å². The van der Waals surface area contributed by atoms with E-state index in [4.69, 9.17) is 9.47 Å². The molecule has 2 atom stereocenters. The fraction of sp³-hybridized carbons (Fsp3) is 0.611. The molecule has 25 heavy (non-hydrogen) atoms. The third kappa shape index (κ3) is 5.79. The maximum absolute atomic E-state index is 13.3. The van der Waals surface area contributed by atoms with E-state index >= 15 is 0 Å². The minimum Gasteiger partial charge on any atom is -0.375 e. The van der Waals surface area contributed by atoms with E-state index in [1.165, 1.54) is 12.1 Å². The van der Waals surface area contributed by atoms with Crippen molar-refractivity contribution in [3.63, 3.8) is 0 Å². The van der Waals surface area contributed by atoms with Crippen molar-refractivity contribution >= 4 is 29.9 Å². The lowest BCUT2D eigenvalue weighted by Crippen LogP contribution is -2.53. The Morgan fingerprint density at radius 2 is 2.16 bits per heavy atom. The summed E-state index contributed by atoms with van der Waals surface area (Å²) in [5.74, 6) is 0.630. The van der Waals surface area contributed by atoms with Gasteiger partial charge in [-0.15, -0.1) is 24.0 Å². The lowest BCUT2D eigenvalue weighted by Gasteiger charge is -2.37. The van der Waals surface area contributed by atoms with Crippen LogP contribution in [0.1, 0.15) is 25.3 Å². The zero-order valence-corrected chi connectivity index (χ0v) is 16.9. The molecular weight excluding hydrogens is 436 g/mol. The predicted molar refractivity (Wildman–Crippen MR) is 107 cm³/mol. The largest absolute Gasteiger partial charge is 0.375 e. The normalized spacial score (nSPS) is 24.1. The Bertz CT molecular complexity index is 567. The molecule has 2 aliphatic heterocycles. The van der Waals surface area contributed by atoms with Crippen LogP contribution in [0.5, 0.6) is 0 Å². The number of morpholine rings is 1. The Kier molecular flexibility index (Phi) is 8.38. The van der Waals surface area contributed by atoms with Crippen LogP contribution in [0.4, 0.5) is 4.39 Å². The molecule has 1 aromatic carbocycles. The first-order valence-electron chi connectivity index (χ1n) is 8.77. The number of aliphatic imine (C=N–C) groups is 1. The van der Waals surface area contributed by atoms with Gasteiger partial charge in [0.25, 0.3) is 0 Å². The molecule has 1 aromatic rings. The SMILES string of the molecule is CCNC(=NCc1cccc(F)c1)N1CCOC(C2CCCO2)C1.I. The van der Waals surface area contributed by atoms with E-state index in [-0.39, 0.29) is 42.0 Å². The third-order valence-electron chi connectivity index (χ3n) is 4.41. The van der Waals surface area contributed by atoms with Crippen LogP contribution in [0, 0.1) is 5.82 Å². The second-order valence-electron chi connectivity index (χ2n) is 6.21. The molecule has 140 valence electrons. The summed E-state index contributed by atoms with van der Waals surface area (Å²) in [4.78, 5) is 6.90. The molecule has 1 N–H and O–H groups in total. The molecule has 3 rings (SSSR count). The summed E-state index contributed by atoms with van der Waals surface area (Å²) in [7, 11) is 0. The molecule has 5 nitrogen and oxygen atoms in total. The maximum atomic E-state index is 13.3. The van der Waals surface area contributed by atoms with Crippen molar-refractivity contribution in [1.29, 1.82) is 0 Å². The topological polar surface area (TPSA) is 46.1 Å².